The minimum Gasteiger partial charge on any atom is -0.356 e. The molecule has 2 N–H and O–H groups in total. The summed E-state index contributed by atoms with van der Waals surface area (Å²) in [5.74, 6) is -0.695. The number of nitrogens with zero attached hydrogens (tertiary/aromatic N) is 2. The molecular weight excluding hydrogens is 513 g/mol. The van der Waals surface area contributed by atoms with Crippen molar-refractivity contribution in [1.29, 1.82) is 0 Å². The quantitative estimate of drug-likeness (QED) is 0.305. The van der Waals surface area contributed by atoms with Gasteiger partial charge in [-0.05, 0) is 36.5 Å². The molecule has 0 heterocycles. The van der Waals surface area contributed by atoms with Crippen molar-refractivity contribution < 1.29 is 13.6 Å². The number of nitrogens with one attached hydrogen (secondary N) is 2. The van der Waals surface area contributed by atoms with Crippen molar-refractivity contribution in [2.45, 2.75) is 24.7 Å². The molecule has 1 aliphatic rings. The van der Waals surface area contributed by atoms with Gasteiger partial charge in [-0.1, -0.05) is 36.4 Å². The summed E-state index contributed by atoms with van der Waals surface area (Å²) >= 11 is 0. The van der Waals surface area contributed by atoms with E-state index in [4.69, 9.17) is 0 Å². The molecule has 0 unspecified atom stereocenters. The van der Waals surface area contributed by atoms with Crippen LogP contribution in [0.5, 0.6) is 0 Å². The van der Waals surface area contributed by atoms with Crippen LogP contribution in [0.15, 0.2) is 53.5 Å². The summed E-state index contributed by atoms with van der Waals surface area (Å²) in [6.07, 6.45) is 2.44. The van der Waals surface area contributed by atoms with Crippen molar-refractivity contribution >= 4 is 35.8 Å². The van der Waals surface area contributed by atoms with Crippen LogP contribution in [0.25, 0.3) is 0 Å². The summed E-state index contributed by atoms with van der Waals surface area (Å²) in [6, 6.07) is 13.8. The van der Waals surface area contributed by atoms with E-state index in [1.807, 2.05) is 18.2 Å². The summed E-state index contributed by atoms with van der Waals surface area (Å²) < 4.78 is 27.5. The van der Waals surface area contributed by atoms with Crippen LogP contribution in [0.4, 0.5) is 8.78 Å². The van der Waals surface area contributed by atoms with Gasteiger partial charge in [-0.3, -0.25) is 4.79 Å². The molecule has 0 atom stereocenters. The van der Waals surface area contributed by atoms with Gasteiger partial charge in [0, 0.05) is 38.7 Å². The van der Waals surface area contributed by atoms with E-state index >= 15 is 0 Å². The van der Waals surface area contributed by atoms with Crippen molar-refractivity contribution in [2.24, 2.45) is 4.99 Å². The zero-order valence-electron chi connectivity index (χ0n) is 17.8. The Morgan fingerprint density at radius 1 is 1.10 bits per heavy atom. The molecular formula is C23H29F2IN4O. The average molecular weight is 542 g/mol. The van der Waals surface area contributed by atoms with E-state index in [1.54, 1.807) is 14.1 Å². The Hall–Kier alpha value is -2.23. The third-order valence-corrected chi connectivity index (χ3v) is 5.37. The van der Waals surface area contributed by atoms with Gasteiger partial charge in [-0.25, -0.2) is 13.8 Å². The molecule has 1 saturated carbocycles. The lowest BCUT2D eigenvalue weighted by Crippen LogP contribution is -2.43. The smallest absolute Gasteiger partial charge is 0.243 e. The van der Waals surface area contributed by atoms with E-state index in [1.165, 1.54) is 22.6 Å². The minimum atomic E-state index is -0.577. The second kappa shape index (κ2) is 11.4. The number of hydrogen-bond acceptors (Lipinski definition) is 2. The molecule has 2 aromatic carbocycles. The average Bonchev–Trinajstić information content (AvgIpc) is 3.50. The maximum Gasteiger partial charge on any atom is 0.243 e. The van der Waals surface area contributed by atoms with E-state index in [0.29, 0.717) is 24.6 Å². The van der Waals surface area contributed by atoms with Gasteiger partial charge in [0.25, 0.3) is 0 Å². The monoisotopic (exact) mass is 542 g/mol. The third-order valence-electron chi connectivity index (χ3n) is 5.37. The van der Waals surface area contributed by atoms with Crippen LogP contribution in [0.1, 0.15) is 24.0 Å². The highest BCUT2D eigenvalue weighted by molar-refractivity contribution is 14.0. The Morgan fingerprint density at radius 3 is 2.42 bits per heavy atom. The zero-order valence-corrected chi connectivity index (χ0v) is 20.2. The molecule has 1 fully saturated rings. The Kier molecular flexibility index (Phi) is 9.21. The molecule has 1 aliphatic carbocycles. The van der Waals surface area contributed by atoms with Crippen LogP contribution in [0.3, 0.4) is 0 Å². The van der Waals surface area contributed by atoms with Crippen molar-refractivity contribution in [1.82, 2.24) is 15.5 Å². The second-order valence-corrected chi connectivity index (χ2v) is 7.87. The lowest BCUT2D eigenvalue weighted by Gasteiger charge is -2.20. The normalized spacial score (nSPS) is 14.4. The van der Waals surface area contributed by atoms with E-state index < -0.39 is 11.6 Å². The Labute approximate surface area is 199 Å². The number of carbonyl (C=O) groups excluding carboxylic acids is 1. The molecule has 0 aromatic heterocycles. The summed E-state index contributed by atoms with van der Waals surface area (Å²) in [4.78, 5) is 17.8. The predicted molar refractivity (Wildman–Crippen MR) is 130 cm³/mol. The molecule has 31 heavy (non-hydrogen) atoms. The fourth-order valence-corrected chi connectivity index (χ4v) is 3.30. The van der Waals surface area contributed by atoms with Gasteiger partial charge in [-0.15, -0.1) is 24.0 Å². The molecule has 0 spiro atoms. The number of carbonyl (C=O) groups is 1. The molecule has 0 bridgehead atoms. The summed E-state index contributed by atoms with van der Waals surface area (Å²) in [5, 5.41) is 6.50. The first-order chi connectivity index (χ1) is 14.4. The largest absolute Gasteiger partial charge is 0.356 e. The first-order valence-electron chi connectivity index (χ1n) is 10.1. The lowest BCUT2D eigenvalue weighted by atomic mass is 9.95. The van der Waals surface area contributed by atoms with E-state index in [2.05, 4.69) is 27.8 Å². The molecule has 168 valence electrons. The zero-order chi connectivity index (χ0) is 21.6. The number of hydrogen-bond donors (Lipinski definition) is 2. The molecule has 5 nitrogen and oxygen atoms in total. The molecule has 0 saturated heterocycles. The molecule has 0 radical (unpaired) electrons. The first-order valence-corrected chi connectivity index (χ1v) is 10.1. The van der Waals surface area contributed by atoms with Gasteiger partial charge >= 0.3 is 0 Å². The molecule has 2 aromatic rings. The van der Waals surface area contributed by atoms with Crippen LogP contribution < -0.4 is 10.6 Å². The van der Waals surface area contributed by atoms with Crippen LogP contribution in [-0.2, 0) is 16.6 Å². The van der Waals surface area contributed by atoms with Gasteiger partial charge in [0.2, 0.25) is 5.91 Å². The van der Waals surface area contributed by atoms with E-state index in [-0.39, 0.29) is 41.8 Å². The van der Waals surface area contributed by atoms with Crippen molar-refractivity contribution in [3.63, 3.8) is 0 Å². The highest BCUT2D eigenvalue weighted by Crippen LogP contribution is 2.48. The number of benzene rings is 2. The standard InChI is InChI=1S/C23H28F2N4O.HI/c1-29(2)21(30)15-27-22(26-13-10-17-6-4-3-5-7-17)28-16-23(11-12-23)19-9-8-18(24)14-20(19)25;/h3-9,14H,10-13,15-16H2,1-2H3,(H2,26,27,28);1H. The van der Waals surface area contributed by atoms with E-state index in [9.17, 15) is 13.6 Å². The highest BCUT2D eigenvalue weighted by Gasteiger charge is 2.46. The predicted octanol–water partition coefficient (Wildman–Crippen LogP) is 3.48. The van der Waals surface area contributed by atoms with Crippen molar-refractivity contribution in [2.75, 3.05) is 33.7 Å². The summed E-state index contributed by atoms with van der Waals surface area (Å²) in [7, 11) is 3.37. The molecule has 3 rings (SSSR count). The fraction of sp³-hybridized carbons (Fsp3) is 0.391. The van der Waals surface area contributed by atoms with Crippen LogP contribution in [0.2, 0.25) is 0 Å². The van der Waals surface area contributed by atoms with Gasteiger partial charge in [-0.2, -0.15) is 0 Å². The Balaban J connectivity index is 0.00000341. The van der Waals surface area contributed by atoms with Gasteiger partial charge < -0.3 is 15.5 Å². The number of guanidine groups is 1. The maximum atomic E-state index is 14.3. The van der Waals surface area contributed by atoms with Gasteiger partial charge in [0.1, 0.15) is 18.2 Å². The molecule has 0 aliphatic heterocycles. The first kappa shape index (κ1) is 25.0. The van der Waals surface area contributed by atoms with E-state index in [0.717, 1.165) is 25.3 Å². The van der Waals surface area contributed by atoms with Crippen LogP contribution in [0, 0.1) is 11.6 Å². The number of likely N-dealkylation sites (N-methyl/N-ethyl adjacent to an activating group) is 1. The Morgan fingerprint density at radius 2 is 1.81 bits per heavy atom. The lowest BCUT2D eigenvalue weighted by molar-refractivity contribution is -0.127. The van der Waals surface area contributed by atoms with Crippen LogP contribution >= 0.6 is 24.0 Å². The number of amides is 1. The maximum absolute atomic E-state index is 14.3. The van der Waals surface area contributed by atoms with Gasteiger partial charge in [0.05, 0.1) is 0 Å². The second-order valence-electron chi connectivity index (χ2n) is 7.87. The van der Waals surface area contributed by atoms with Crippen LogP contribution in [-0.4, -0.2) is 50.5 Å². The fourth-order valence-electron chi connectivity index (χ4n) is 3.30. The highest BCUT2D eigenvalue weighted by atomic mass is 127. The Bertz CT molecular complexity index is 902. The van der Waals surface area contributed by atoms with Crippen molar-refractivity contribution in [3.05, 3.63) is 71.3 Å². The summed E-state index contributed by atoms with van der Waals surface area (Å²) in [5.41, 5.74) is 1.34. The third kappa shape index (κ3) is 7.15. The van der Waals surface area contributed by atoms with Gasteiger partial charge in [0.15, 0.2) is 5.96 Å². The molecule has 8 heteroatoms. The molecule has 1 amide bonds. The number of rotatable bonds is 8. The van der Waals surface area contributed by atoms with Crippen molar-refractivity contribution in [3.8, 4) is 0 Å². The summed E-state index contributed by atoms with van der Waals surface area (Å²) in [6.45, 7) is 1.12. The topological polar surface area (TPSA) is 56.7 Å². The minimum absolute atomic E-state index is 0. The SMILES string of the molecule is CN(C)C(=O)CN=C(NCCc1ccccc1)NCC1(c2ccc(F)cc2F)CC1.I. The number of halogens is 3. The number of aliphatic imine (C=N–C) groups is 1.